The lowest BCUT2D eigenvalue weighted by Gasteiger charge is -2.03. The molecule has 0 aliphatic heterocycles. The largest absolute Gasteiger partial charge is 0.327 e. The molecule has 2 rings (SSSR count). The number of carbonyl (C=O) groups excluding carboxylic acids is 1. The van der Waals surface area contributed by atoms with Crippen LogP contribution in [0.1, 0.15) is 32.1 Å². The van der Waals surface area contributed by atoms with Gasteiger partial charge in [-0.3, -0.25) is 4.79 Å². The number of hydrogen-bond acceptors (Lipinski definition) is 2. The Bertz CT molecular complexity index is 399. The van der Waals surface area contributed by atoms with Crippen molar-refractivity contribution in [1.29, 1.82) is 0 Å². The van der Waals surface area contributed by atoms with E-state index in [0.717, 1.165) is 4.80 Å². The van der Waals surface area contributed by atoms with Crippen molar-refractivity contribution < 1.29 is 4.79 Å². The highest BCUT2D eigenvalue weighted by atomic mass is 32.1. The molecule has 1 saturated carbocycles. The SMILES string of the molecule is Cn1ccsc1=NC(=O)CC1CCCC1. The van der Waals surface area contributed by atoms with Crippen LogP contribution >= 0.6 is 11.3 Å². The van der Waals surface area contributed by atoms with Gasteiger partial charge in [-0.2, -0.15) is 4.99 Å². The molecule has 0 saturated heterocycles. The standard InChI is InChI=1S/C11H16N2OS/c1-13-6-7-15-11(13)12-10(14)8-9-4-2-3-5-9/h6-7,9H,2-5,8H2,1H3. The van der Waals surface area contributed by atoms with Crippen molar-refractivity contribution in [2.75, 3.05) is 0 Å². The van der Waals surface area contributed by atoms with Gasteiger partial charge in [-0.15, -0.1) is 11.3 Å². The number of rotatable bonds is 2. The van der Waals surface area contributed by atoms with Crippen LogP contribution in [0.15, 0.2) is 16.6 Å². The summed E-state index contributed by atoms with van der Waals surface area (Å²) in [5.41, 5.74) is 0. The second kappa shape index (κ2) is 4.75. The van der Waals surface area contributed by atoms with Gasteiger partial charge in [0.05, 0.1) is 0 Å². The van der Waals surface area contributed by atoms with Crippen LogP contribution < -0.4 is 4.80 Å². The molecule has 1 fully saturated rings. The summed E-state index contributed by atoms with van der Waals surface area (Å²) in [6, 6.07) is 0. The molecule has 4 heteroatoms. The second-order valence-corrected chi connectivity index (χ2v) is 5.03. The van der Waals surface area contributed by atoms with E-state index in [9.17, 15) is 4.79 Å². The molecular formula is C11H16N2OS. The van der Waals surface area contributed by atoms with Crippen LogP contribution in [0.5, 0.6) is 0 Å². The van der Waals surface area contributed by atoms with E-state index in [-0.39, 0.29) is 5.91 Å². The van der Waals surface area contributed by atoms with Crippen LogP contribution in [0.3, 0.4) is 0 Å². The van der Waals surface area contributed by atoms with Gasteiger partial charge in [0.25, 0.3) is 0 Å². The number of hydrogen-bond donors (Lipinski definition) is 0. The zero-order valence-electron chi connectivity index (χ0n) is 8.98. The van der Waals surface area contributed by atoms with Gasteiger partial charge in [0.2, 0.25) is 5.91 Å². The number of aromatic nitrogens is 1. The molecule has 0 bridgehead atoms. The molecular weight excluding hydrogens is 208 g/mol. The van der Waals surface area contributed by atoms with Crippen LogP contribution in [-0.2, 0) is 11.8 Å². The Morgan fingerprint density at radius 1 is 1.60 bits per heavy atom. The average Bonchev–Trinajstić information content (AvgIpc) is 2.79. The van der Waals surface area contributed by atoms with Crippen molar-refractivity contribution in [3.63, 3.8) is 0 Å². The molecule has 0 spiro atoms. The Morgan fingerprint density at radius 3 is 2.93 bits per heavy atom. The van der Waals surface area contributed by atoms with Crippen LogP contribution in [-0.4, -0.2) is 10.5 Å². The van der Waals surface area contributed by atoms with Crippen molar-refractivity contribution in [2.24, 2.45) is 18.0 Å². The summed E-state index contributed by atoms with van der Waals surface area (Å²) < 4.78 is 1.89. The van der Waals surface area contributed by atoms with Crippen molar-refractivity contribution in [1.82, 2.24) is 4.57 Å². The third-order valence-corrected chi connectivity index (χ3v) is 3.77. The lowest BCUT2D eigenvalue weighted by atomic mass is 10.0. The van der Waals surface area contributed by atoms with Gasteiger partial charge in [-0.25, -0.2) is 0 Å². The van der Waals surface area contributed by atoms with E-state index < -0.39 is 0 Å². The highest BCUT2D eigenvalue weighted by Crippen LogP contribution is 2.27. The second-order valence-electron chi connectivity index (χ2n) is 4.16. The molecule has 0 radical (unpaired) electrons. The molecule has 1 aliphatic rings. The molecule has 3 nitrogen and oxygen atoms in total. The van der Waals surface area contributed by atoms with Crippen LogP contribution in [0.25, 0.3) is 0 Å². The normalized spacial score (nSPS) is 18.6. The van der Waals surface area contributed by atoms with E-state index in [1.807, 2.05) is 23.2 Å². The first-order valence-electron chi connectivity index (χ1n) is 5.43. The van der Waals surface area contributed by atoms with E-state index >= 15 is 0 Å². The Labute approximate surface area is 93.5 Å². The average molecular weight is 224 g/mol. The summed E-state index contributed by atoms with van der Waals surface area (Å²) in [5.74, 6) is 0.631. The molecule has 1 aromatic rings. The first kappa shape index (κ1) is 10.6. The molecule has 1 aromatic heterocycles. The molecule has 0 unspecified atom stereocenters. The Morgan fingerprint density at radius 2 is 2.33 bits per heavy atom. The first-order chi connectivity index (χ1) is 7.25. The van der Waals surface area contributed by atoms with E-state index in [0.29, 0.717) is 12.3 Å². The highest BCUT2D eigenvalue weighted by Gasteiger charge is 2.17. The molecule has 82 valence electrons. The maximum atomic E-state index is 11.6. The smallest absolute Gasteiger partial charge is 0.248 e. The Kier molecular flexibility index (Phi) is 3.36. The van der Waals surface area contributed by atoms with Crippen LogP contribution in [0, 0.1) is 5.92 Å². The van der Waals surface area contributed by atoms with Gasteiger partial charge in [-0.1, -0.05) is 12.8 Å². The number of aryl methyl sites for hydroxylation is 1. The summed E-state index contributed by atoms with van der Waals surface area (Å²) in [4.78, 5) is 16.6. The topological polar surface area (TPSA) is 34.4 Å². The predicted octanol–water partition coefficient (Wildman–Crippen LogP) is 2.09. The summed E-state index contributed by atoms with van der Waals surface area (Å²) in [6.45, 7) is 0. The Hall–Kier alpha value is -0.900. The summed E-state index contributed by atoms with van der Waals surface area (Å²) in [6.07, 6.45) is 7.54. The lowest BCUT2D eigenvalue weighted by molar-refractivity contribution is -0.118. The van der Waals surface area contributed by atoms with E-state index in [2.05, 4.69) is 4.99 Å². The first-order valence-corrected chi connectivity index (χ1v) is 6.31. The van der Waals surface area contributed by atoms with Gasteiger partial charge in [0.15, 0.2) is 4.80 Å². The zero-order chi connectivity index (χ0) is 10.7. The minimum absolute atomic E-state index is 0.0416. The molecule has 1 heterocycles. The summed E-state index contributed by atoms with van der Waals surface area (Å²) in [5, 5.41) is 1.95. The molecule has 15 heavy (non-hydrogen) atoms. The number of carbonyl (C=O) groups is 1. The number of thiazole rings is 1. The van der Waals surface area contributed by atoms with Crippen LogP contribution in [0.4, 0.5) is 0 Å². The minimum atomic E-state index is 0.0416. The molecule has 1 aliphatic carbocycles. The quantitative estimate of drug-likeness (QED) is 0.757. The molecule has 1 amide bonds. The summed E-state index contributed by atoms with van der Waals surface area (Å²) >= 11 is 1.51. The fraction of sp³-hybridized carbons (Fsp3) is 0.636. The van der Waals surface area contributed by atoms with Crippen molar-refractivity contribution >= 4 is 17.2 Å². The maximum absolute atomic E-state index is 11.6. The third kappa shape index (κ3) is 2.78. The molecule has 0 atom stereocenters. The highest BCUT2D eigenvalue weighted by molar-refractivity contribution is 7.07. The summed E-state index contributed by atoms with van der Waals surface area (Å²) in [7, 11) is 1.91. The lowest BCUT2D eigenvalue weighted by Crippen LogP contribution is -2.13. The minimum Gasteiger partial charge on any atom is -0.327 e. The van der Waals surface area contributed by atoms with Gasteiger partial charge in [-0.05, 0) is 18.8 Å². The van der Waals surface area contributed by atoms with Crippen molar-refractivity contribution in [2.45, 2.75) is 32.1 Å². The molecule has 0 aromatic carbocycles. The van der Waals surface area contributed by atoms with Gasteiger partial charge in [0.1, 0.15) is 0 Å². The predicted molar refractivity (Wildman–Crippen MR) is 60.4 cm³/mol. The van der Waals surface area contributed by atoms with Gasteiger partial charge < -0.3 is 4.57 Å². The fourth-order valence-electron chi connectivity index (χ4n) is 2.05. The van der Waals surface area contributed by atoms with Gasteiger partial charge >= 0.3 is 0 Å². The molecule has 0 N–H and O–H groups in total. The Balaban J connectivity index is 2.00. The van der Waals surface area contributed by atoms with E-state index in [1.54, 1.807) is 0 Å². The van der Waals surface area contributed by atoms with Crippen molar-refractivity contribution in [3.8, 4) is 0 Å². The van der Waals surface area contributed by atoms with Crippen molar-refractivity contribution in [3.05, 3.63) is 16.4 Å². The monoisotopic (exact) mass is 224 g/mol. The van der Waals surface area contributed by atoms with Crippen LogP contribution in [0.2, 0.25) is 0 Å². The zero-order valence-corrected chi connectivity index (χ0v) is 9.80. The number of amides is 1. The maximum Gasteiger partial charge on any atom is 0.248 e. The van der Waals surface area contributed by atoms with E-state index in [4.69, 9.17) is 0 Å². The fourth-order valence-corrected chi connectivity index (χ4v) is 2.80. The van der Waals surface area contributed by atoms with Gasteiger partial charge in [0, 0.05) is 25.0 Å². The third-order valence-electron chi connectivity index (χ3n) is 2.92. The van der Waals surface area contributed by atoms with E-state index in [1.165, 1.54) is 37.0 Å². The number of nitrogens with zero attached hydrogens (tertiary/aromatic N) is 2.